The van der Waals surface area contributed by atoms with Crippen LogP contribution in [-0.4, -0.2) is 21.1 Å². The van der Waals surface area contributed by atoms with E-state index in [1.165, 1.54) is 11.1 Å². The van der Waals surface area contributed by atoms with Crippen LogP contribution in [0.2, 0.25) is 5.02 Å². The number of ether oxygens (including phenoxy) is 1. The molecule has 1 heterocycles. The molecule has 0 aliphatic rings. The molecule has 7 heteroatoms. The average Bonchev–Trinajstić information content (AvgIpc) is 3.24. The molecule has 0 bridgehead atoms. The van der Waals surface area contributed by atoms with Gasteiger partial charge >= 0.3 is 0 Å². The Balaban J connectivity index is 1.41. The van der Waals surface area contributed by atoms with Gasteiger partial charge in [-0.15, -0.1) is 10.2 Å². The highest BCUT2D eigenvalue weighted by molar-refractivity contribution is 7.98. The fourth-order valence-corrected chi connectivity index (χ4v) is 4.22. The standard InChI is InChI=1S/C27H27ClN4OS/c1-3-4-26-30-31-27(34-19-23-9-13-24(28)14-10-23)32(26)29-17-21-11-15-25(16-12-21)33-18-22-7-5-20(2)6-8-22/h5-17H,3-4,18-19H2,1-2H3/b29-17+. The van der Waals surface area contributed by atoms with E-state index in [-0.39, 0.29) is 0 Å². The lowest BCUT2D eigenvalue weighted by atomic mass is 10.2. The van der Waals surface area contributed by atoms with Crippen LogP contribution in [0.3, 0.4) is 0 Å². The predicted molar refractivity (Wildman–Crippen MR) is 140 cm³/mol. The van der Waals surface area contributed by atoms with E-state index in [2.05, 4.69) is 48.3 Å². The molecule has 0 radical (unpaired) electrons. The number of aromatic nitrogens is 3. The number of aryl methyl sites for hydroxylation is 2. The Morgan fingerprint density at radius 2 is 1.65 bits per heavy atom. The first-order valence-electron chi connectivity index (χ1n) is 11.2. The molecular weight excluding hydrogens is 464 g/mol. The molecule has 0 unspecified atom stereocenters. The van der Waals surface area contributed by atoms with Gasteiger partial charge in [-0.2, -0.15) is 9.78 Å². The van der Waals surface area contributed by atoms with E-state index in [9.17, 15) is 0 Å². The molecule has 0 spiro atoms. The molecule has 3 aromatic carbocycles. The Morgan fingerprint density at radius 3 is 2.35 bits per heavy atom. The number of hydrogen-bond donors (Lipinski definition) is 0. The molecule has 1 aromatic heterocycles. The molecule has 0 atom stereocenters. The second-order valence-corrected chi connectivity index (χ2v) is 9.34. The smallest absolute Gasteiger partial charge is 0.212 e. The maximum absolute atomic E-state index is 5.99. The summed E-state index contributed by atoms with van der Waals surface area (Å²) in [4.78, 5) is 0. The lowest BCUT2D eigenvalue weighted by Crippen LogP contribution is -2.00. The first kappa shape index (κ1) is 24.0. The largest absolute Gasteiger partial charge is 0.489 e. The van der Waals surface area contributed by atoms with Crippen LogP contribution in [0.4, 0.5) is 0 Å². The number of thioether (sulfide) groups is 1. The van der Waals surface area contributed by atoms with Crippen LogP contribution in [0.25, 0.3) is 0 Å². The molecule has 0 saturated carbocycles. The second-order valence-electron chi connectivity index (χ2n) is 7.96. The summed E-state index contributed by atoms with van der Waals surface area (Å²) < 4.78 is 7.75. The van der Waals surface area contributed by atoms with E-state index in [0.717, 1.165) is 51.5 Å². The fraction of sp³-hybridized carbons (Fsp3) is 0.222. The van der Waals surface area contributed by atoms with Crippen LogP contribution < -0.4 is 4.74 Å². The van der Waals surface area contributed by atoms with Crippen LogP contribution in [0, 0.1) is 6.92 Å². The summed E-state index contributed by atoms with van der Waals surface area (Å²) in [5.41, 5.74) is 4.55. The van der Waals surface area contributed by atoms with Gasteiger partial charge in [0.15, 0.2) is 5.82 Å². The highest BCUT2D eigenvalue weighted by atomic mass is 35.5. The second kappa shape index (κ2) is 11.9. The lowest BCUT2D eigenvalue weighted by molar-refractivity contribution is 0.306. The van der Waals surface area contributed by atoms with E-state index in [1.807, 2.05) is 59.4 Å². The molecule has 0 saturated heterocycles. The summed E-state index contributed by atoms with van der Waals surface area (Å²) in [7, 11) is 0. The minimum absolute atomic E-state index is 0.545. The van der Waals surface area contributed by atoms with Gasteiger partial charge in [0.25, 0.3) is 0 Å². The fourth-order valence-electron chi connectivity index (χ4n) is 3.24. The van der Waals surface area contributed by atoms with Gasteiger partial charge in [0, 0.05) is 17.2 Å². The van der Waals surface area contributed by atoms with E-state index < -0.39 is 0 Å². The Kier molecular flexibility index (Phi) is 8.39. The van der Waals surface area contributed by atoms with Crippen molar-refractivity contribution in [3.05, 3.63) is 106 Å². The van der Waals surface area contributed by atoms with Crippen molar-refractivity contribution in [2.75, 3.05) is 0 Å². The van der Waals surface area contributed by atoms with Crippen molar-refractivity contribution >= 4 is 29.6 Å². The Bertz CT molecular complexity index is 1220. The molecule has 0 aliphatic heterocycles. The van der Waals surface area contributed by atoms with E-state index in [4.69, 9.17) is 21.4 Å². The third-order valence-corrected chi connectivity index (χ3v) is 6.40. The molecule has 34 heavy (non-hydrogen) atoms. The minimum atomic E-state index is 0.545. The van der Waals surface area contributed by atoms with Crippen LogP contribution in [-0.2, 0) is 18.8 Å². The molecular formula is C27H27ClN4OS. The number of halogens is 1. The number of benzene rings is 3. The predicted octanol–water partition coefficient (Wildman–Crippen LogP) is 6.95. The Labute approximate surface area is 209 Å². The van der Waals surface area contributed by atoms with Gasteiger partial charge in [0.05, 0.1) is 6.21 Å². The first-order chi connectivity index (χ1) is 16.6. The first-order valence-corrected chi connectivity index (χ1v) is 12.6. The van der Waals surface area contributed by atoms with E-state index in [1.54, 1.807) is 11.8 Å². The zero-order valence-corrected chi connectivity index (χ0v) is 20.9. The van der Waals surface area contributed by atoms with Gasteiger partial charge in [-0.05, 0) is 66.4 Å². The normalized spacial score (nSPS) is 11.3. The SMILES string of the molecule is CCCc1nnc(SCc2ccc(Cl)cc2)n1/N=C/c1ccc(OCc2ccc(C)cc2)cc1. The van der Waals surface area contributed by atoms with Gasteiger partial charge in [0.2, 0.25) is 5.16 Å². The van der Waals surface area contributed by atoms with Gasteiger partial charge in [0.1, 0.15) is 12.4 Å². The molecule has 0 fully saturated rings. The van der Waals surface area contributed by atoms with Crippen molar-refractivity contribution in [2.24, 2.45) is 5.10 Å². The van der Waals surface area contributed by atoms with E-state index >= 15 is 0 Å². The minimum Gasteiger partial charge on any atom is -0.489 e. The van der Waals surface area contributed by atoms with Crippen molar-refractivity contribution in [3.8, 4) is 5.75 Å². The molecule has 0 amide bonds. The molecule has 5 nitrogen and oxygen atoms in total. The number of hydrogen-bond acceptors (Lipinski definition) is 5. The number of nitrogens with zero attached hydrogens (tertiary/aromatic N) is 4. The van der Waals surface area contributed by atoms with Gasteiger partial charge in [-0.1, -0.05) is 72.2 Å². The zero-order valence-electron chi connectivity index (χ0n) is 19.3. The zero-order chi connectivity index (χ0) is 23.8. The van der Waals surface area contributed by atoms with Gasteiger partial charge in [-0.3, -0.25) is 0 Å². The van der Waals surface area contributed by atoms with Gasteiger partial charge in [-0.25, -0.2) is 0 Å². The quantitative estimate of drug-likeness (QED) is 0.178. The third-order valence-electron chi connectivity index (χ3n) is 5.16. The van der Waals surface area contributed by atoms with Crippen molar-refractivity contribution in [3.63, 3.8) is 0 Å². The van der Waals surface area contributed by atoms with Crippen molar-refractivity contribution in [1.29, 1.82) is 0 Å². The summed E-state index contributed by atoms with van der Waals surface area (Å²) >= 11 is 7.60. The maximum atomic E-state index is 5.99. The van der Waals surface area contributed by atoms with Crippen LogP contribution in [0.15, 0.2) is 83.1 Å². The highest BCUT2D eigenvalue weighted by Crippen LogP contribution is 2.23. The summed E-state index contributed by atoms with van der Waals surface area (Å²) in [6, 6.07) is 24.1. The maximum Gasteiger partial charge on any atom is 0.212 e. The average molecular weight is 491 g/mol. The summed E-state index contributed by atoms with van der Waals surface area (Å²) in [5.74, 6) is 2.45. The van der Waals surface area contributed by atoms with Crippen LogP contribution in [0.1, 0.15) is 41.4 Å². The van der Waals surface area contributed by atoms with Gasteiger partial charge < -0.3 is 4.74 Å². The summed E-state index contributed by atoms with van der Waals surface area (Å²) in [5, 5.41) is 14.9. The summed E-state index contributed by atoms with van der Waals surface area (Å²) in [6.07, 6.45) is 3.62. The van der Waals surface area contributed by atoms with Crippen LogP contribution in [0.5, 0.6) is 5.75 Å². The molecule has 0 aliphatic carbocycles. The topological polar surface area (TPSA) is 52.3 Å². The monoisotopic (exact) mass is 490 g/mol. The van der Waals surface area contributed by atoms with E-state index in [0.29, 0.717) is 6.61 Å². The molecule has 4 rings (SSSR count). The Morgan fingerprint density at radius 1 is 0.941 bits per heavy atom. The van der Waals surface area contributed by atoms with Crippen molar-refractivity contribution < 1.29 is 4.74 Å². The summed E-state index contributed by atoms with van der Waals surface area (Å²) in [6.45, 7) is 4.75. The Hall–Kier alpha value is -3.09. The molecule has 174 valence electrons. The lowest BCUT2D eigenvalue weighted by Gasteiger charge is -2.07. The van der Waals surface area contributed by atoms with Crippen molar-refractivity contribution in [1.82, 2.24) is 14.9 Å². The van der Waals surface area contributed by atoms with Crippen LogP contribution >= 0.6 is 23.4 Å². The number of rotatable bonds is 10. The third kappa shape index (κ3) is 6.72. The highest BCUT2D eigenvalue weighted by Gasteiger charge is 2.11. The molecule has 4 aromatic rings. The molecule has 0 N–H and O–H groups in total. The van der Waals surface area contributed by atoms with Crippen molar-refractivity contribution in [2.45, 2.75) is 44.2 Å².